The van der Waals surface area contributed by atoms with E-state index in [1.54, 1.807) is 7.11 Å². The van der Waals surface area contributed by atoms with E-state index in [9.17, 15) is 4.79 Å². The van der Waals surface area contributed by atoms with Gasteiger partial charge in [-0.2, -0.15) is 9.97 Å². The molecule has 1 aromatic carbocycles. The van der Waals surface area contributed by atoms with E-state index in [1.807, 2.05) is 24.3 Å². The molecule has 0 aliphatic rings. The fourth-order valence-electron chi connectivity index (χ4n) is 1.81. The highest BCUT2D eigenvalue weighted by Crippen LogP contribution is 2.12. The van der Waals surface area contributed by atoms with Gasteiger partial charge in [-0.25, -0.2) is 0 Å². The molecule has 0 atom stereocenters. The summed E-state index contributed by atoms with van der Waals surface area (Å²) >= 11 is 0. The number of nitrogens with zero attached hydrogens (tertiary/aromatic N) is 3. The van der Waals surface area contributed by atoms with Crippen molar-refractivity contribution in [1.29, 1.82) is 0 Å². The van der Waals surface area contributed by atoms with E-state index in [0.717, 1.165) is 11.3 Å². The molecule has 23 heavy (non-hydrogen) atoms. The molecular formula is C15H18N4O4. The molecular weight excluding hydrogens is 300 g/mol. The maximum absolute atomic E-state index is 12.0. The average Bonchev–Trinajstić information content (AvgIpc) is 2.60. The van der Waals surface area contributed by atoms with Crippen molar-refractivity contribution in [1.82, 2.24) is 20.3 Å². The molecule has 1 heterocycles. The molecule has 0 aliphatic carbocycles. The van der Waals surface area contributed by atoms with Crippen molar-refractivity contribution in [2.45, 2.75) is 13.0 Å². The molecule has 1 N–H and O–H groups in total. The lowest BCUT2D eigenvalue weighted by Crippen LogP contribution is -2.25. The molecule has 122 valence electrons. The molecule has 2 aromatic rings. The van der Waals surface area contributed by atoms with Crippen LogP contribution in [0.1, 0.15) is 11.4 Å². The van der Waals surface area contributed by atoms with Crippen LogP contribution in [0.4, 0.5) is 0 Å². The Hall–Kier alpha value is -2.90. The van der Waals surface area contributed by atoms with E-state index < -0.39 is 0 Å². The lowest BCUT2D eigenvalue weighted by Gasteiger charge is -2.07. The van der Waals surface area contributed by atoms with Gasteiger partial charge in [0.15, 0.2) is 5.82 Å². The van der Waals surface area contributed by atoms with Crippen LogP contribution in [0.3, 0.4) is 0 Å². The van der Waals surface area contributed by atoms with E-state index in [-0.39, 0.29) is 30.9 Å². The number of benzene rings is 1. The zero-order chi connectivity index (χ0) is 16.7. The van der Waals surface area contributed by atoms with Gasteiger partial charge in [-0.15, -0.1) is 4.98 Å². The van der Waals surface area contributed by atoms with Gasteiger partial charge in [0.05, 0.1) is 34.3 Å². The van der Waals surface area contributed by atoms with Gasteiger partial charge in [-0.1, -0.05) is 12.1 Å². The van der Waals surface area contributed by atoms with Gasteiger partial charge in [0.25, 0.3) is 0 Å². The summed E-state index contributed by atoms with van der Waals surface area (Å²) in [5.41, 5.74) is 0.883. The minimum absolute atomic E-state index is 0.135. The van der Waals surface area contributed by atoms with Gasteiger partial charge in [-0.3, -0.25) is 4.79 Å². The van der Waals surface area contributed by atoms with Crippen molar-refractivity contribution in [3.05, 3.63) is 35.7 Å². The Balaban J connectivity index is 1.93. The Morgan fingerprint density at radius 1 is 0.957 bits per heavy atom. The van der Waals surface area contributed by atoms with Crippen LogP contribution in [0.2, 0.25) is 0 Å². The van der Waals surface area contributed by atoms with Crippen LogP contribution in [0.5, 0.6) is 17.8 Å². The van der Waals surface area contributed by atoms with Gasteiger partial charge in [0.1, 0.15) is 5.75 Å². The quantitative estimate of drug-likeness (QED) is 0.805. The van der Waals surface area contributed by atoms with Crippen LogP contribution < -0.4 is 19.5 Å². The zero-order valence-electron chi connectivity index (χ0n) is 13.2. The summed E-state index contributed by atoms with van der Waals surface area (Å²) < 4.78 is 15.0. The second-order valence-electron chi connectivity index (χ2n) is 4.53. The molecule has 8 nitrogen and oxygen atoms in total. The largest absolute Gasteiger partial charge is 0.497 e. The number of nitrogens with one attached hydrogen (secondary N) is 1. The lowest BCUT2D eigenvalue weighted by atomic mass is 10.1. The first-order valence-corrected chi connectivity index (χ1v) is 6.87. The number of ether oxygens (including phenoxy) is 3. The van der Waals surface area contributed by atoms with Crippen LogP contribution in [0.25, 0.3) is 0 Å². The Kier molecular flexibility index (Phi) is 5.67. The topological polar surface area (TPSA) is 95.5 Å². The van der Waals surface area contributed by atoms with Gasteiger partial charge in [0, 0.05) is 0 Å². The molecule has 1 aromatic heterocycles. The normalized spacial score (nSPS) is 10.0. The number of hydrogen-bond acceptors (Lipinski definition) is 7. The Bertz CT molecular complexity index is 639. The minimum atomic E-state index is -0.145. The first kappa shape index (κ1) is 16.5. The van der Waals surface area contributed by atoms with E-state index in [1.165, 1.54) is 14.2 Å². The number of amides is 1. The van der Waals surface area contributed by atoms with Crippen LogP contribution in [0, 0.1) is 0 Å². The third kappa shape index (κ3) is 4.80. The summed E-state index contributed by atoms with van der Waals surface area (Å²) in [6.07, 6.45) is 0.253. The van der Waals surface area contributed by atoms with Gasteiger partial charge in [-0.05, 0) is 17.7 Å². The van der Waals surface area contributed by atoms with Crippen molar-refractivity contribution in [3.63, 3.8) is 0 Å². The molecule has 0 aliphatic heterocycles. The molecule has 0 radical (unpaired) electrons. The fourth-order valence-corrected chi connectivity index (χ4v) is 1.81. The number of rotatable bonds is 7. The average molecular weight is 318 g/mol. The van der Waals surface area contributed by atoms with Crippen molar-refractivity contribution >= 4 is 5.91 Å². The summed E-state index contributed by atoms with van der Waals surface area (Å²) in [6.45, 7) is 0.157. The number of aromatic nitrogens is 3. The molecule has 8 heteroatoms. The third-order valence-corrected chi connectivity index (χ3v) is 2.97. The van der Waals surface area contributed by atoms with Gasteiger partial charge >= 0.3 is 12.0 Å². The van der Waals surface area contributed by atoms with Gasteiger partial charge < -0.3 is 19.5 Å². The Morgan fingerprint density at radius 2 is 1.57 bits per heavy atom. The summed E-state index contributed by atoms with van der Waals surface area (Å²) in [5, 5.41) is 2.74. The van der Waals surface area contributed by atoms with E-state index in [4.69, 9.17) is 14.2 Å². The predicted octanol–water partition coefficient (Wildman–Crippen LogP) is 0.756. The Morgan fingerprint density at radius 3 is 2.09 bits per heavy atom. The molecule has 0 fully saturated rings. The first-order valence-electron chi connectivity index (χ1n) is 6.87. The van der Waals surface area contributed by atoms with E-state index in [0.29, 0.717) is 5.82 Å². The SMILES string of the molecule is COc1ccc(CC(=O)NCc2nc(OC)nc(OC)n2)cc1. The van der Waals surface area contributed by atoms with Crippen LogP contribution in [-0.4, -0.2) is 42.2 Å². The van der Waals surface area contributed by atoms with Crippen LogP contribution >= 0.6 is 0 Å². The standard InChI is InChI=1S/C15H18N4O4/c1-21-11-6-4-10(5-7-11)8-13(20)16-9-12-17-14(22-2)19-15(18-12)23-3/h4-7H,8-9H2,1-3H3,(H,16,20). The highest BCUT2D eigenvalue weighted by Gasteiger charge is 2.09. The molecule has 0 unspecified atom stereocenters. The van der Waals surface area contributed by atoms with Crippen molar-refractivity contribution in [3.8, 4) is 17.8 Å². The second-order valence-corrected chi connectivity index (χ2v) is 4.53. The first-order chi connectivity index (χ1) is 11.1. The molecule has 0 saturated carbocycles. The van der Waals surface area contributed by atoms with Crippen LogP contribution in [0.15, 0.2) is 24.3 Å². The van der Waals surface area contributed by atoms with Crippen molar-refractivity contribution in [2.75, 3.05) is 21.3 Å². The molecule has 0 bridgehead atoms. The fraction of sp³-hybridized carbons (Fsp3) is 0.333. The summed E-state index contributed by atoms with van der Waals surface area (Å²) in [5.74, 6) is 0.962. The summed E-state index contributed by atoms with van der Waals surface area (Å²) in [7, 11) is 4.49. The number of carbonyl (C=O) groups excluding carboxylic acids is 1. The summed E-state index contributed by atoms with van der Waals surface area (Å²) in [6, 6.07) is 7.57. The Labute approximate surface area is 133 Å². The van der Waals surface area contributed by atoms with Crippen LogP contribution in [-0.2, 0) is 17.8 Å². The predicted molar refractivity (Wildman–Crippen MR) is 81.5 cm³/mol. The van der Waals surface area contributed by atoms with Crippen molar-refractivity contribution in [2.24, 2.45) is 0 Å². The second kappa shape index (κ2) is 7.92. The third-order valence-electron chi connectivity index (χ3n) is 2.97. The maximum Gasteiger partial charge on any atom is 0.322 e. The van der Waals surface area contributed by atoms with Crippen molar-refractivity contribution < 1.29 is 19.0 Å². The molecule has 2 rings (SSSR count). The number of methoxy groups -OCH3 is 3. The molecule has 1 amide bonds. The molecule has 0 spiro atoms. The zero-order valence-corrected chi connectivity index (χ0v) is 13.2. The number of hydrogen-bond donors (Lipinski definition) is 1. The van der Waals surface area contributed by atoms with E-state index in [2.05, 4.69) is 20.3 Å². The monoisotopic (exact) mass is 318 g/mol. The smallest absolute Gasteiger partial charge is 0.322 e. The highest BCUT2D eigenvalue weighted by molar-refractivity contribution is 5.78. The minimum Gasteiger partial charge on any atom is -0.497 e. The summed E-state index contributed by atoms with van der Waals surface area (Å²) in [4.78, 5) is 24.0. The molecule has 0 saturated heterocycles. The lowest BCUT2D eigenvalue weighted by molar-refractivity contribution is -0.120. The highest BCUT2D eigenvalue weighted by atomic mass is 16.5. The van der Waals surface area contributed by atoms with E-state index >= 15 is 0 Å². The van der Waals surface area contributed by atoms with Gasteiger partial charge in [0.2, 0.25) is 5.91 Å². The maximum atomic E-state index is 12.0. The number of carbonyl (C=O) groups is 1.